The van der Waals surface area contributed by atoms with Gasteiger partial charge in [-0.1, -0.05) is 6.07 Å². The van der Waals surface area contributed by atoms with E-state index < -0.39 is 0 Å². The van der Waals surface area contributed by atoms with Gasteiger partial charge in [0.25, 0.3) is 11.8 Å². The number of ether oxygens (including phenoxy) is 1. The first-order chi connectivity index (χ1) is 12.0. The van der Waals surface area contributed by atoms with Gasteiger partial charge in [0, 0.05) is 17.6 Å². The van der Waals surface area contributed by atoms with Crippen LogP contribution in [0.3, 0.4) is 0 Å². The predicted octanol–water partition coefficient (Wildman–Crippen LogP) is 2.65. The van der Waals surface area contributed by atoms with E-state index in [0.29, 0.717) is 16.8 Å². The second-order valence-electron chi connectivity index (χ2n) is 5.45. The van der Waals surface area contributed by atoms with Crippen molar-refractivity contribution < 1.29 is 19.1 Å². The van der Waals surface area contributed by atoms with Gasteiger partial charge in [-0.3, -0.25) is 19.3 Å². The zero-order valence-electron chi connectivity index (χ0n) is 13.7. The van der Waals surface area contributed by atoms with Crippen LogP contribution in [0.15, 0.2) is 47.4 Å². The molecule has 0 unspecified atom stereocenters. The highest BCUT2D eigenvalue weighted by Gasteiger charge is 2.32. The van der Waals surface area contributed by atoms with E-state index in [4.69, 9.17) is 4.74 Å². The molecule has 0 aromatic heterocycles. The first-order valence-electron chi connectivity index (χ1n) is 7.52. The average Bonchev–Trinajstić information content (AvgIpc) is 2.84. The molecule has 25 heavy (non-hydrogen) atoms. The minimum atomic E-state index is -0.359. The third kappa shape index (κ3) is 3.51. The lowest BCUT2D eigenvalue weighted by Gasteiger charge is -2.07. The van der Waals surface area contributed by atoms with Crippen molar-refractivity contribution in [3.63, 3.8) is 0 Å². The molecule has 2 aromatic carbocycles. The maximum Gasteiger partial charge on any atom is 0.261 e. The average molecular weight is 356 g/mol. The Labute approximate surface area is 149 Å². The van der Waals surface area contributed by atoms with Crippen molar-refractivity contribution in [3.8, 4) is 5.75 Å². The number of amides is 3. The molecule has 1 aliphatic heterocycles. The van der Waals surface area contributed by atoms with E-state index in [0.717, 1.165) is 15.5 Å². The third-order valence-corrected chi connectivity index (χ3v) is 4.78. The normalized spacial score (nSPS) is 13.0. The molecule has 0 atom stereocenters. The summed E-state index contributed by atoms with van der Waals surface area (Å²) in [6.07, 6.45) is 0. The molecule has 3 rings (SSSR count). The summed E-state index contributed by atoms with van der Waals surface area (Å²) in [5.74, 6) is 0.0689. The number of carbonyl (C=O) groups is 3. The Morgan fingerprint density at radius 3 is 2.64 bits per heavy atom. The molecule has 2 aromatic rings. The number of hydrogen-bond acceptors (Lipinski definition) is 5. The molecule has 6 nitrogen and oxygen atoms in total. The highest BCUT2D eigenvalue weighted by Crippen LogP contribution is 2.26. The molecule has 3 amide bonds. The summed E-state index contributed by atoms with van der Waals surface area (Å²) < 4.78 is 5.15. The van der Waals surface area contributed by atoms with Gasteiger partial charge in [-0.15, -0.1) is 11.8 Å². The Morgan fingerprint density at radius 2 is 1.88 bits per heavy atom. The van der Waals surface area contributed by atoms with Crippen LogP contribution >= 0.6 is 11.8 Å². The van der Waals surface area contributed by atoms with Crippen LogP contribution in [-0.2, 0) is 4.79 Å². The zero-order valence-corrected chi connectivity index (χ0v) is 14.6. The highest BCUT2D eigenvalue weighted by atomic mass is 32.2. The summed E-state index contributed by atoms with van der Waals surface area (Å²) in [5.41, 5.74) is 1.16. The van der Waals surface area contributed by atoms with Gasteiger partial charge in [0.05, 0.1) is 24.0 Å². The number of rotatable bonds is 5. The third-order valence-electron chi connectivity index (χ3n) is 3.78. The lowest BCUT2D eigenvalue weighted by Crippen LogP contribution is -2.24. The SMILES string of the molecule is COc1cccc(SCC(=O)Nc2ccc3c(c2)C(=O)N(C)C3=O)c1. The van der Waals surface area contributed by atoms with E-state index in [9.17, 15) is 14.4 Å². The molecule has 0 bridgehead atoms. The number of benzene rings is 2. The van der Waals surface area contributed by atoms with Gasteiger partial charge in [-0.25, -0.2) is 0 Å². The Morgan fingerprint density at radius 1 is 1.12 bits per heavy atom. The smallest absolute Gasteiger partial charge is 0.261 e. The van der Waals surface area contributed by atoms with E-state index in [-0.39, 0.29) is 23.5 Å². The van der Waals surface area contributed by atoms with E-state index >= 15 is 0 Å². The van der Waals surface area contributed by atoms with Crippen molar-refractivity contribution >= 4 is 35.2 Å². The zero-order chi connectivity index (χ0) is 18.0. The minimum Gasteiger partial charge on any atom is -0.497 e. The summed E-state index contributed by atoms with van der Waals surface area (Å²) in [6, 6.07) is 12.2. The van der Waals surface area contributed by atoms with Crippen molar-refractivity contribution in [2.75, 3.05) is 25.2 Å². The molecular formula is C18H16N2O4S. The summed E-state index contributed by atoms with van der Waals surface area (Å²) >= 11 is 1.38. The second-order valence-corrected chi connectivity index (χ2v) is 6.49. The molecule has 1 aliphatic rings. The summed E-state index contributed by atoms with van der Waals surface area (Å²) in [7, 11) is 3.03. The molecule has 0 aliphatic carbocycles. The summed E-state index contributed by atoms with van der Waals surface area (Å²) in [6.45, 7) is 0. The molecule has 1 heterocycles. The topological polar surface area (TPSA) is 75.7 Å². The summed E-state index contributed by atoms with van der Waals surface area (Å²) in [5, 5.41) is 2.75. The number of nitrogens with zero attached hydrogens (tertiary/aromatic N) is 1. The van der Waals surface area contributed by atoms with Gasteiger partial charge in [-0.2, -0.15) is 0 Å². The highest BCUT2D eigenvalue weighted by molar-refractivity contribution is 8.00. The van der Waals surface area contributed by atoms with Crippen molar-refractivity contribution in [3.05, 3.63) is 53.6 Å². The molecule has 0 spiro atoms. The molecule has 0 fully saturated rings. The van der Waals surface area contributed by atoms with Crippen molar-refractivity contribution in [2.45, 2.75) is 4.90 Å². The molecule has 7 heteroatoms. The lowest BCUT2D eigenvalue weighted by atomic mass is 10.1. The van der Waals surface area contributed by atoms with Crippen LogP contribution in [0.25, 0.3) is 0 Å². The van der Waals surface area contributed by atoms with Crippen molar-refractivity contribution in [2.24, 2.45) is 0 Å². The standard InChI is InChI=1S/C18H16N2O4S/c1-20-17(22)14-7-6-11(8-15(14)18(20)23)19-16(21)10-25-13-5-3-4-12(9-13)24-2/h3-9H,10H2,1-2H3,(H,19,21). The van der Waals surface area contributed by atoms with Gasteiger partial charge < -0.3 is 10.1 Å². The van der Waals surface area contributed by atoms with Gasteiger partial charge in [0.2, 0.25) is 5.91 Å². The Hall–Kier alpha value is -2.80. The molecule has 0 saturated carbocycles. The van der Waals surface area contributed by atoms with Crippen LogP contribution < -0.4 is 10.1 Å². The second kappa shape index (κ2) is 6.98. The van der Waals surface area contributed by atoms with Crippen LogP contribution in [0.2, 0.25) is 0 Å². The van der Waals surface area contributed by atoms with Gasteiger partial charge in [-0.05, 0) is 36.4 Å². The fourth-order valence-corrected chi connectivity index (χ4v) is 3.22. The largest absolute Gasteiger partial charge is 0.497 e. The first kappa shape index (κ1) is 17.0. The van der Waals surface area contributed by atoms with Crippen molar-refractivity contribution in [1.82, 2.24) is 4.90 Å². The maximum atomic E-state index is 12.1. The molecular weight excluding hydrogens is 340 g/mol. The van der Waals surface area contributed by atoms with Crippen LogP contribution in [-0.4, -0.2) is 42.5 Å². The first-order valence-corrected chi connectivity index (χ1v) is 8.51. The van der Waals surface area contributed by atoms with Gasteiger partial charge >= 0.3 is 0 Å². The number of methoxy groups -OCH3 is 1. The number of carbonyl (C=O) groups excluding carboxylic acids is 3. The maximum absolute atomic E-state index is 12.1. The number of imide groups is 1. The molecule has 128 valence electrons. The summed E-state index contributed by atoms with van der Waals surface area (Å²) in [4.78, 5) is 38.0. The Balaban J connectivity index is 1.64. The number of fused-ring (bicyclic) bond motifs is 1. The number of nitrogens with one attached hydrogen (secondary N) is 1. The van der Waals surface area contributed by atoms with Crippen LogP contribution in [0.5, 0.6) is 5.75 Å². The van der Waals surface area contributed by atoms with Crippen molar-refractivity contribution in [1.29, 1.82) is 0 Å². The fourth-order valence-electron chi connectivity index (χ4n) is 2.48. The molecule has 0 radical (unpaired) electrons. The predicted molar refractivity (Wildman–Crippen MR) is 95.2 cm³/mol. The van der Waals surface area contributed by atoms with E-state index in [2.05, 4.69) is 5.32 Å². The fraction of sp³-hybridized carbons (Fsp3) is 0.167. The van der Waals surface area contributed by atoms with E-state index in [1.165, 1.54) is 24.9 Å². The van der Waals surface area contributed by atoms with Gasteiger partial charge in [0.15, 0.2) is 0 Å². The molecule has 1 N–H and O–H groups in total. The monoisotopic (exact) mass is 356 g/mol. The van der Waals surface area contributed by atoms with Crippen LogP contribution in [0.4, 0.5) is 5.69 Å². The quantitative estimate of drug-likeness (QED) is 0.658. The lowest BCUT2D eigenvalue weighted by molar-refractivity contribution is -0.113. The van der Waals surface area contributed by atoms with E-state index in [1.807, 2.05) is 24.3 Å². The van der Waals surface area contributed by atoms with Gasteiger partial charge in [0.1, 0.15) is 5.75 Å². The van der Waals surface area contributed by atoms with Crippen LogP contribution in [0, 0.1) is 0 Å². The Bertz CT molecular complexity index is 866. The molecule has 0 saturated heterocycles. The van der Waals surface area contributed by atoms with E-state index in [1.54, 1.807) is 19.2 Å². The van der Waals surface area contributed by atoms with Crippen LogP contribution in [0.1, 0.15) is 20.7 Å². The Kier molecular flexibility index (Phi) is 4.76. The number of anilines is 1. The number of hydrogen-bond donors (Lipinski definition) is 1. The number of thioether (sulfide) groups is 1. The minimum absolute atomic E-state index is 0.196.